The lowest BCUT2D eigenvalue weighted by Crippen LogP contribution is -2.44. The van der Waals surface area contributed by atoms with Crippen LogP contribution in [0, 0.1) is 11.8 Å². The van der Waals surface area contributed by atoms with Gasteiger partial charge in [0.15, 0.2) is 11.5 Å². The molecule has 1 saturated carbocycles. The van der Waals surface area contributed by atoms with Crippen molar-refractivity contribution >= 4 is 11.8 Å². The molecule has 0 spiro atoms. The van der Waals surface area contributed by atoms with Gasteiger partial charge in [-0.3, -0.25) is 9.59 Å². The zero-order chi connectivity index (χ0) is 23.3. The van der Waals surface area contributed by atoms with Gasteiger partial charge in [-0.1, -0.05) is 24.3 Å². The number of hydrogen-bond donors (Lipinski definition) is 1. The van der Waals surface area contributed by atoms with Crippen LogP contribution in [0.4, 0.5) is 0 Å². The lowest BCUT2D eigenvalue weighted by atomic mass is 9.94. The molecule has 2 aromatic carbocycles. The molecule has 1 atom stereocenters. The van der Waals surface area contributed by atoms with Crippen LogP contribution in [-0.2, 0) is 9.59 Å². The van der Waals surface area contributed by atoms with Gasteiger partial charge in [0.25, 0.3) is 0 Å². The molecule has 1 N–H and O–H groups in total. The molecule has 2 fully saturated rings. The molecule has 1 aliphatic carbocycles. The average Bonchev–Trinajstić information content (AvgIpc) is 3.73. The van der Waals surface area contributed by atoms with Crippen LogP contribution in [0.5, 0.6) is 17.2 Å². The third kappa shape index (κ3) is 5.46. The van der Waals surface area contributed by atoms with Crippen LogP contribution in [0.15, 0.2) is 48.5 Å². The summed E-state index contributed by atoms with van der Waals surface area (Å²) in [7, 11) is 0. The second-order valence-corrected chi connectivity index (χ2v) is 9.29. The highest BCUT2D eigenvalue weighted by Crippen LogP contribution is 2.43. The molecule has 34 heavy (non-hydrogen) atoms. The fourth-order valence-electron chi connectivity index (χ4n) is 4.75. The summed E-state index contributed by atoms with van der Waals surface area (Å²) in [5, 5.41) is 3.31. The normalized spacial score (nSPS) is 18.8. The van der Waals surface area contributed by atoms with Gasteiger partial charge in [-0.2, -0.15) is 0 Å². The van der Waals surface area contributed by atoms with Gasteiger partial charge in [0, 0.05) is 19.0 Å². The highest BCUT2D eigenvalue weighted by Gasteiger charge is 2.36. The number of nitrogens with one attached hydrogen (secondary N) is 1. The van der Waals surface area contributed by atoms with Gasteiger partial charge in [-0.05, 0) is 61.4 Å². The molecule has 0 radical (unpaired) electrons. The fourth-order valence-corrected chi connectivity index (χ4v) is 4.75. The molecule has 7 nitrogen and oxygen atoms in total. The Morgan fingerprint density at radius 3 is 2.44 bits per heavy atom. The number of nitrogens with zero attached hydrogens (tertiary/aromatic N) is 1. The van der Waals surface area contributed by atoms with E-state index < -0.39 is 0 Å². The van der Waals surface area contributed by atoms with E-state index in [1.54, 1.807) is 0 Å². The largest absolute Gasteiger partial charge is 0.493 e. The lowest BCUT2D eigenvalue weighted by Gasteiger charge is -2.32. The van der Waals surface area contributed by atoms with E-state index >= 15 is 0 Å². The summed E-state index contributed by atoms with van der Waals surface area (Å²) in [5.74, 6) is 2.87. The Hall–Kier alpha value is -3.22. The van der Waals surface area contributed by atoms with Crippen LogP contribution in [0.3, 0.4) is 0 Å². The monoisotopic (exact) mass is 464 g/mol. The number of ether oxygens (including phenoxy) is 3. The molecule has 2 aromatic rings. The van der Waals surface area contributed by atoms with Crippen molar-refractivity contribution in [3.05, 3.63) is 54.1 Å². The SMILES string of the molecule is O=C(NC(c1ccc2c(c1)OCCO2)C1CC1)C1CCN(C(=O)CCOc2ccccc2)CC1. The third-order valence-electron chi connectivity index (χ3n) is 6.86. The van der Waals surface area contributed by atoms with Crippen molar-refractivity contribution in [2.45, 2.75) is 38.1 Å². The summed E-state index contributed by atoms with van der Waals surface area (Å²) < 4.78 is 17.0. The van der Waals surface area contributed by atoms with Gasteiger partial charge < -0.3 is 24.4 Å². The summed E-state index contributed by atoms with van der Waals surface area (Å²) >= 11 is 0. The molecule has 0 aromatic heterocycles. The van der Waals surface area contributed by atoms with E-state index in [4.69, 9.17) is 14.2 Å². The lowest BCUT2D eigenvalue weighted by molar-refractivity contribution is -0.136. The summed E-state index contributed by atoms with van der Waals surface area (Å²) in [4.78, 5) is 27.5. The molecule has 180 valence electrons. The number of carbonyl (C=O) groups excluding carboxylic acids is 2. The predicted octanol–water partition coefficient (Wildman–Crippen LogP) is 3.73. The standard InChI is InChI=1S/C27H32N2O5/c30-25(12-15-32-22-4-2-1-3-5-22)29-13-10-20(11-14-29)27(31)28-26(19-6-7-19)21-8-9-23-24(18-21)34-17-16-33-23/h1-5,8-9,18-20,26H,6-7,10-17H2,(H,28,31). The minimum absolute atomic E-state index is 0.00174. The molecule has 1 saturated heterocycles. The highest BCUT2D eigenvalue weighted by molar-refractivity contribution is 5.80. The minimum Gasteiger partial charge on any atom is -0.493 e. The van der Waals surface area contributed by atoms with Gasteiger partial charge in [0.1, 0.15) is 19.0 Å². The summed E-state index contributed by atoms with van der Waals surface area (Å²) in [6.07, 6.45) is 3.97. The van der Waals surface area contributed by atoms with Crippen molar-refractivity contribution in [3.63, 3.8) is 0 Å². The molecule has 0 bridgehead atoms. The topological polar surface area (TPSA) is 77.1 Å². The van der Waals surface area contributed by atoms with Crippen molar-refractivity contribution in [2.24, 2.45) is 11.8 Å². The van der Waals surface area contributed by atoms with Crippen LogP contribution >= 0.6 is 0 Å². The first-order valence-corrected chi connectivity index (χ1v) is 12.3. The zero-order valence-electron chi connectivity index (χ0n) is 19.4. The molecule has 7 heteroatoms. The molecular weight excluding hydrogens is 432 g/mol. The number of para-hydroxylation sites is 1. The maximum Gasteiger partial charge on any atom is 0.225 e. The zero-order valence-corrected chi connectivity index (χ0v) is 19.4. The minimum atomic E-state index is -0.0666. The average molecular weight is 465 g/mol. The van der Waals surface area contributed by atoms with Gasteiger partial charge in [-0.15, -0.1) is 0 Å². The quantitative estimate of drug-likeness (QED) is 0.644. The Morgan fingerprint density at radius 1 is 0.971 bits per heavy atom. The van der Waals surface area contributed by atoms with E-state index in [1.807, 2.05) is 53.4 Å². The van der Waals surface area contributed by atoms with Gasteiger partial charge >= 0.3 is 0 Å². The number of carbonyl (C=O) groups is 2. The van der Waals surface area contributed by atoms with Gasteiger partial charge in [0.2, 0.25) is 11.8 Å². The second-order valence-electron chi connectivity index (χ2n) is 9.29. The number of piperidine rings is 1. The Labute approximate surface area is 200 Å². The molecule has 3 aliphatic rings. The second kappa shape index (κ2) is 10.4. The van der Waals surface area contributed by atoms with Crippen molar-refractivity contribution in [3.8, 4) is 17.2 Å². The molecule has 2 aliphatic heterocycles. The Morgan fingerprint density at radius 2 is 1.71 bits per heavy atom. The first-order valence-electron chi connectivity index (χ1n) is 12.3. The number of fused-ring (bicyclic) bond motifs is 1. The Bertz CT molecular complexity index is 999. The smallest absolute Gasteiger partial charge is 0.225 e. The van der Waals surface area contributed by atoms with Crippen molar-refractivity contribution in [1.29, 1.82) is 0 Å². The Balaban J connectivity index is 1.11. The first-order chi connectivity index (χ1) is 16.7. The molecule has 2 heterocycles. The first kappa shape index (κ1) is 22.6. The number of amides is 2. The van der Waals surface area contributed by atoms with Crippen LogP contribution in [-0.4, -0.2) is 49.6 Å². The van der Waals surface area contributed by atoms with Crippen molar-refractivity contribution in [1.82, 2.24) is 10.2 Å². The molecular formula is C27H32N2O5. The van der Waals surface area contributed by atoms with Gasteiger partial charge in [0.05, 0.1) is 19.1 Å². The van der Waals surface area contributed by atoms with Crippen LogP contribution in [0.1, 0.15) is 43.7 Å². The fraction of sp³-hybridized carbons (Fsp3) is 0.481. The summed E-state index contributed by atoms with van der Waals surface area (Å²) in [5.41, 5.74) is 1.08. The van der Waals surface area contributed by atoms with Crippen molar-refractivity contribution < 1.29 is 23.8 Å². The maximum absolute atomic E-state index is 13.1. The van der Waals surface area contributed by atoms with E-state index in [-0.39, 0.29) is 23.8 Å². The van der Waals surface area contributed by atoms with E-state index in [0.717, 1.165) is 35.7 Å². The molecule has 5 rings (SSSR count). The number of hydrogen-bond acceptors (Lipinski definition) is 5. The number of rotatable bonds is 8. The van der Waals surface area contributed by atoms with E-state index in [9.17, 15) is 9.59 Å². The van der Waals surface area contributed by atoms with Gasteiger partial charge in [-0.25, -0.2) is 0 Å². The Kier molecular flexibility index (Phi) is 6.88. The third-order valence-corrected chi connectivity index (χ3v) is 6.86. The van der Waals surface area contributed by atoms with E-state index in [1.165, 1.54) is 0 Å². The van der Waals surface area contributed by atoms with Crippen LogP contribution in [0.25, 0.3) is 0 Å². The van der Waals surface area contributed by atoms with Crippen LogP contribution in [0.2, 0.25) is 0 Å². The highest BCUT2D eigenvalue weighted by atomic mass is 16.6. The van der Waals surface area contributed by atoms with E-state index in [2.05, 4.69) is 5.32 Å². The summed E-state index contributed by atoms with van der Waals surface area (Å²) in [6.45, 7) is 2.70. The number of likely N-dealkylation sites (tertiary alicyclic amines) is 1. The summed E-state index contributed by atoms with van der Waals surface area (Å²) in [6, 6.07) is 15.5. The van der Waals surface area contributed by atoms with Crippen molar-refractivity contribution in [2.75, 3.05) is 32.9 Å². The molecule has 1 unspecified atom stereocenters. The molecule has 2 amide bonds. The maximum atomic E-state index is 13.1. The van der Waals surface area contributed by atoms with Crippen LogP contribution < -0.4 is 19.5 Å². The van der Waals surface area contributed by atoms with E-state index in [0.29, 0.717) is 58.1 Å². The number of benzene rings is 2. The predicted molar refractivity (Wildman–Crippen MR) is 127 cm³/mol.